The molecule has 0 aromatic carbocycles. The number of imide groups is 1. The molecular formula is C9H14N2O3. The first-order chi connectivity index (χ1) is 6.43. The molecule has 1 saturated heterocycles. The zero-order valence-corrected chi connectivity index (χ0v) is 8.53. The molecule has 0 bridgehead atoms. The van der Waals surface area contributed by atoms with Gasteiger partial charge < -0.3 is 4.90 Å². The van der Waals surface area contributed by atoms with E-state index in [4.69, 9.17) is 0 Å². The lowest BCUT2D eigenvalue weighted by Gasteiger charge is -2.18. The highest BCUT2D eigenvalue weighted by Crippen LogP contribution is 2.15. The zero-order chi connectivity index (χ0) is 10.9. The molecule has 0 aliphatic carbocycles. The molecule has 0 aromatic heterocycles. The lowest BCUT2D eigenvalue weighted by atomic mass is 9.98. The van der Waals surface area contributed by atoms with Gasteiger partial charge in [-0.25, -0.2) is 4.79 Å². The molecule has 1 aliphatic heterocycles. The van der Waals surface area contributed by atoms with E-state index in [9.17, 15) is 14.4 Å². The topological polar surface area (TPSA) is 66.5 Å². The summed E-state index contributed by atoms with van der Waals surface area (Å²) < 4.78 is 0. The average Bonchev–Trinajstić information content (AvgIpc) is 2.32. The first-order valence-corrected chi connectivity index (χ1v) is 4.51. The fraction of sp³-hybridized carbons (Fsp3) is 0.667. The lowest BCUT2D eigenvalue weighted by molar-refractivity contribution is -0.123. The molecule has 1 heterocycles. The number of ketones is 1. The summed E-state index contributed by atoms with van der Waals surface area (Å²) in [7, 11) is 1.55. The maximum Gasteiger partial charge on any atom is 0.324 e. The van der Waals surface area contributed by atoms with E-state index in [-0.39, 0.29) is 17.6 Å². The van der Waals surface area contributed by atoms with E-state index < -0.39 is 12.1 Å². The van der Waals surface area contributed by atoms with Crippen LogP contribution in [0.25, 0.3) is 0 Å². The van der Waals surface area contributed by atoms with E-state index >= 15 is 0 Å². The van der Waals surface area contributed by atoms with Gasteiger partial charge in [-0.05, 0) is 13.3 Å². The summed E-state index contributed by atoms with van der Waals surface area (Å²) >= 11 is 0. The number of urea groups is 1. The van der Waals surface area contributed by atoms with Gasteiger partial charge in [0.05, 0.1) is 0 Å². The molecule has 5 heteroatoms. The molecule has 1 fully saturated rings. The van der Waals surface area contributed by atoms with Gasteiger partial charge in [0.2, 0.25) is 0 Å². The summed E-state index contributed by atoms with van der Waals surface area (Å²) in [6, 6.07) is -0.892. The summed E-state index contributed by atoms with van der Waals surface area (Å²) in [4.78, 5) is 34.6. The molecule has 78 valence electrons. The Hall–Kier alpha value is -1.39. The summed E-state index contributed by atoms with van der Waals surface area (Å²) in [5, 5.41) is 2.20. The van der Waals surface area contributed by atoms with Gasteiger partial charge in [-0.1, -0.05) is 6.92 Å². The Morgan fingerprint density at radius 3 is 2.50 bits per heavy atom. The maximum atomic E-state index is 11.3. The van der Waals surface area contributed by atoms with Gasteiger partial charge in [0.25, 0.3) is 5.91 Å². The van der Waals surface area contributed by atoms with Crippen molar-refractivity contribution in [2.45, 2.75) is 26.3 Å². The van der Waals surface area contributed by atoms with Crippen molar-refractivity contribution in [2.75, 3.05) is 7.05 Å². The zero-order valence-electron chi connectivity index (χ0n) is 8.53. The molecule has 0 saturated carbocycles. The van der Waals surface area contributed by atoms with Crippen LogP contribution in [0.1, 0.15) is 20.3 Å². The summed E-state index contributed by atoms with van der Waals surface area (Å²) in [6.07, 6.45) is 0.392. The molecule has 2 unspecified atom stereocenters. The number of nitrogens with zero attached hydrogens (tertiary/aromatic N) is 1. The SMILES string of the molecule is CC(=O)C(C)CC1C(=O)NC(=O)N1C. The Kier molecular flexibility index (Phi) is 2.88. The van der Waals surface area contributed by atoms with Crippen LogP contribution in [-0.4, -0.2) is 35.7 Å². The van der Waals surface area contributed by atoms with Gasteiger partial charge in [-0.15, -0.1) is 0 Å². The summed E-state index contributed by atoms with van der Waals surface area (Å²) in [5.74, 6) is -0.477. The van der Waals surface area contributed by atoms with Crippen molar-refractivity contribution < 1.29 is 14.4 Å². The predicted octanol–water partition coefficient (Wildman–Crippen LogP) is 0.152. The Morgan fingerprint density at radius 2 is 2.14 bits per heavy atom. The maximum absolute atomic E-state index is 11.3. The molecule has 2 atom stereocenters. The number of carbonyl (C=O) groups is 3. The fourth-order valence-electron chi connectivity index (χ4n) is 1.36. The van der Waals surface area contributed by atoms with E-state index in [1.165, 1.54) is 11.8 Å². The minimum atomic E-state index is -0.499. The second-order valence-corrected chi connectivity index (χ2v) is 3.67. The second-order valence-electron chi connectivity index (χ2n) is 3.67. The van der Waals surface area contributed by atoms with Crippen molar-refractivity contribution in [3.05, 3.63) is 0 Å². The molecule has 3 amide bonds. The highest BCUT2D eigenvalue weighted by atomic mass is 16.2. The van der Waals surface area contributed by atoms with E-state index in [0.717, 1.165) is 0 Å². The van der Waals surface area contributed by atoms with Crippen LogP contribution in [0, 0.1) is 5.92 Å². The predicted molar refractivity (Wildman–Crippen MR) is 49.6 cm³/mol. The monoisotopic (exact) mass is 198 g/mol. The smallest absolute Gasteiger partial charge is 0.315 e. The largest absolute Gasteiger partial charge is 0.324 e. The Balaban J connectivity index is 2.65. The number of hydrogen-bond donors (Lipinski definition) is 1. The van der Waals surface area contributed by atoms with Gasteiger partial charge in [0.15, 0.2) is 0 Å². The molecule has 0 radical (unpaired) electrons. The van der Waals surface area contributed by atoms with Crippen LogP contribution in [0.3, 0.4) is 0 Å². The quantitative estimate of drug-likeness (QED) is 0.656. The van der Waals surface area contributed by atoms with E-state index in [2.05, 4.69) is 5.32 Å². The Morgan fingerprint density at radius 1 is 1.57 bits per heavy atom. The molecule has 1 rings (SSSR count). The van der Waals surface area contributed by atoms with Gasteiger partial charge in [0, 0.05) is 13.0 Å². The standard InChI is InChI=1S/C9H14N2O3/c1-5(6(2)12)4-7-8(13)10-9(14)11(7)3/h5,7H,4H2,1-3H3,(H,10,13,14). The van der Waals surface area contributed by atoms with Crippen LogP contribution in [-0.2, 0) is 9.59 Å². The third-order valence-corrected chi connectivity index (χ3v) is 2.59. The van der Waals surface area contributed by atoms with Gasteiger partial charge in [0.1, 0.15) is 11.8 Å². The first-order valence-electron chi connectivity index (χ1n) is 4.51. The normalized spacial score (nSPS) is 23.6. The minimum absolute atomic E-state index is 0.0329. The summed E-state index contributed by atoms with van der Waals surface area (Å²) in [6.45, 7) is 3.24. The van der Waals surface area contributed by atoms with Crippen molar-refractivity contribution in [3.8, 4) is 0 Å². The van der Waals surface area contributed by atoms with Crippen LogP contribution in [0.4, 0.5) is 4.79 Å². The number of rotatable bonds is 3. The van der Waals surface area contributed by atoms with Crippen LogP contribution in [0.5, 0.6) is 0 Å². The fourth-order valence-corrected chi connectivity index (χ4v) is 1.36. The molecular weight excluding hydrogens is 184 g/mol. The van der Waals surface area contributed by atoms with E-state index in [1.807, 2.05) is 0 Å². The number of likely N-dealkylation sites (N-methyl/N-ethyl adjacent to an activating group) is 1. The van der Waals surface area contributed by atoms with Gasteiger partial charge >= 0.3 is 6.03 Å². The molecule has 5 nitrogen and oxygen atoms in total. The van der Waals surface area contributed by atoms with Crippen molar-refractivity contribution in [2.24, 2.45) is 5.92 Å². The highest BCUT2D eigenvalue weighted by Gasteiger charge is 2.36. The lowest BCUT2D eigenvalue weighted by Crippen LogP contribution is -2.34. The number of amides is 3. The Bertz CT molecular complexity index is 288. The van der Waals surface area contributed by atoms with Gasteiger partial charge in [-0.2, -0.15) is 0 Å². The first kappa shape index (κ1) is 10.7. The second kappa shape index (κ2) is 3.77. The van der Waals surface area contributed by atoms with E-state index in [0.29, 0.717) is 6.42 Å². The molecule has 1 N–H and O–H groups in total. The number of nitrogens with one attached hydrogen (secondary N) is 1. The third-order valence-electron chi connectivity index (χ3n) is 2.59. The number of Topliss-reactive ketones (excluding diaryl/α,β-unsaturated/α-hetero) is 1. The van der Waals surface area contributed by atoms with Crippen LogP contribution in [0.2, 0.25) is 0 Å². The minimum Gasteiger partial charge on any atom is -0.315 e. The van der Waals surface area contributed by atoms with Crippen LogP contribution < -0.4 is 5.32 Å². The van der Waals surface area contributed by atoms with Crippen LogP contribution >= 0.6 is 0 Å². The van der Waals surface area contributed by atoms with Crippen molar-refractivity contribution in [1.29, 1.82) is 0 Å². The highest BCUT2D eigenvalue weighted by molar-refractivity contribution is 6.04. The number of carbonyl (C=O) groups excluding carboxylic acids is 3. The molecule has 14 heavy (non-hydrogen) atoms. The molecule has 0 aromatic rings. The van der Waals surface area contributed by atoms with Crippen molar-refractivity contribution in [1.82, 2.24) is 10.2 Å². The number of hydrogen-bond acceptors (Lipinski definition) is 3. The van der Waals surface area contributed by atoms with Crippen molar-refractivity contribution >= 4 is 17.7 Å². The van der Waals surface area contributed by atoms with Crippen molar-refractivity contribution in [3.63, 3.8) is 0 Å². The third kappa shape index (κ3) is 1.92. The van der Waals surface area contributed by atoms with E-state index in [1.54, 1.807) is 14.0 Å². The van der Waals surface area contributed by atoms with Crippen LogP contribution in [0.15, 0.2) is 0 Å². The molecule has 0 spiro atoms. The average molecular weight is 198 g/mol. The molecule has 1 aliphatic rings. The Labute approximate surface area is 82.4 Å². The summed E-state index contributed by atoms with van der Waals surface area (Å²) in [5.41, 5.74) is 0. The van der Waals surface area contributed by atoms with Gasteiger partial charge in [-0.3, -0.25) is 14.9 Å².